The van der Waals surface area contributed by atoms with Gasteiger partial charge < -0.3 is 5.11 Å². The van der Waals surface area contributed by atoms with Crippen molar-refractivity contribution in [3.63, 3.8) is 0 Å². The minimum Gasteiger partial charge on any atom is -0.481 e. The van der Waals surface area contributed by atoms with Crippen molar-refractivity contribution in [3.8, 4) is 0 Å². The summed E-state index contributed by atoms with van der Waals surface area (Å²) < 4.78 is 0.931. The van der Waals surface area contributed by atoms with Crippen molar-refractivity contribution < 1.29 is 9.90 Å². The molecule has 1 N–H and O–H groups in total. The van der Waals surface area contributed by atoms with E-state index in [1.807, 2.05) is 54.6 Å². The van der Waals surface area contributed by atoms with Gasteiger partial charge in [0.25, 0.3) is 0 Å². The van der Waals surface area contributed by atoms with Crippen LogP contribution in [0.2, 0.25) is 5.02 Å². The van der Waals surface area contributed by atoms with Crippen molar-refractivity contribution in [2.24, 2.45) is 11.3 Å². The number of carboxylic acid groups (broad SMARTS) is 1. The molecule has 0 saturated heterocycles. The standard InChI is InChI=1S/C28H25ClINO2/c1-18(25-12-10-19-9-11-22(29)17-26(19)31-25)20-6-5-7-21(16-20)23(13-15-30)28(2)14-4-3-8-24(28)27(32)33/h3-12,14,16-17,23-24H,1,13,15H2,2H3,(H,32,33). The smallest absolute Gasteiger partial charge is 0.311 e. The summed E-state index contributed by atoms with van der Waals surface area (Å²) >= 11 is 8.53. The van der Waals surface area contributed by atoms with Crippen LogP contribution in [0.5, 0.6) is 0 Å². The van der Waals surface area contributed by atoms with E-state index in [2.05, 4.69) is 54.3 Å². The highest BCUT2D eigenvalue weighted by molar-refractivity contribution is 14.1. The molecule has 1 aliphatic carbocycles. The number of fused-ring (bicyclic) bond motifs is 1. The molecule has 0 amide bonds. The molecule has 0 aliphatic heterocycles. The van der Waals surface area contributed by atoms with Crippen LogP contribution in [0.15, 0.2) is 85.5 Å². The zero-order valence-electron chi connectivity index (χ0n) is 18.3. The highest BCUT2D eigenvalue weighted by Gasteiger charge is 2.43. The molecule has 1 aromatic heterocycles. The molecule has 2 aromatic carbocycles. The summed E-state index contributed by atoms with van der Waals surface area (Å²) in [6, 6.07) is 18.0. The third-order valence-corrected chi connectivity index (χ3v) is 7.41. The fourth-order valence-corrected chi connectivity index (χ4v) is 5.51. The molecule has 3 unspecified atom stereocenters. The fraction of sp³-hybridized carbons (Fsp3) is 0.214. The van der Waals surface area contributed by atoms with E-state index in [0.717, 1.165) is 44.1 Å². The summed E-state index contributed by atoms with van der Waals surface area (Å²) in [6.45, 7) is 6.38. The number of aromatic nitrogens is 1. The summed E-state index contributed by atoms with van der Waals surface area (Å²) in [7, 11) is 0. The van der Waals surface area contributed by atoms with Gasteiger partial charge in [0.05, 0.1) is 17.1 Å². The van der Waals surface area contributed by atoms with Crippen molar-refractivity contribution in [2.45, 2.75) is 19.3 Å². The van der Waals surface area contributed by atoms with Crippen LogP contribution in [-0.4, -0.2) is 20.5 Å². The number of alkyl halides is 1. The molecule has 3 nitrogen and oxygen atoms in total. The van der Waals surface area contributed by atoms with Gasteiger partial charge in [-0.15, -0.1) is 0 Å². The quantitative estimate of drug-likeness (QED) is 0.234. The lowest BCUT2D eigenvalue weighted by Crippen LogP contribution is -2.37. The van der Waals surface area contributed by atoms with Crippen LogP contribution in [0, 0.1) is 11.3 Å². The van der Waals surface area contributed by atoms with Crippen molar-refractivity contribution in [3.05, 3.63) is 107 Å². The molecule has 1 aliphatic rings. The van der Waals surface area contributed by atoms with E-state index in [0.29, 0.717) is 5.02 Å². The number of rotatable bonds is 7. The lowest BCUT2D eigenvalue weighted by atomic mass is 9.63. The Morgan fingerprint density at radius 3 is 2.76 bits per heavy atom. The molecule has 33 heavy (non-hydrogen) atoms. The predicted octanol–water partition coefficient (Wildman–Crippen LogP) is 7.69. The molecule has 4 rings (SSSR count). The van der Waals surface area contributed by atoms with E-state index in [1.165, 1.54) is 0 Å². The number of pyridine rings is 1. The normalized spacial score (nSPS) is 20.6. The van der Waals surface area contributed by atoms with Gasteiger partial charge in [0.2, 0.25) is 0 Å². The first-order valence-corrected chi connectivity index (χ1v) is 12.7. The second-order valence-corrected chi connectivity index (χ2v) is 10.1. The van der Waals surface area contributed by atoms with E-state index < -0.39 is 17.3 Å². The van der Waals surface area contributed by atoms with Gasteiger partial charge in [0.15, 0.2) is 0 Å². The zero-order chi connectivity index (χ0) is 23.6. The molecule has 168 valence electrons. The van der Waals surface area contributed by atoms with Crippen molar-refractivity contribution in [1.29, 1.82) is 0 Å². The van der Waals surface area contributed by atoms with Crippen LogP contribution in [0.25, 0.3) is 16.5 Å². The molecular weight excluding hydrogens is 545 g/mol. The molecule has 0 radical (unpaired) electrons. The van der Waals surface area contributed by atoms with Crippen molar-refractivity contribution >= 4 is 56.6 Å². The van der Waals surface area contributed by atoms with Crippen LogP contribution in [0.3, 0.4) is 0 Å². The Morgan fingerprint density at radius 2 is 2.00 bits per heavy atom. The largest absolute Gasteiger partial charge is 0.481 e. The van der Waals surface area contributed by atoms with Gasteiger partial charge in [-0.25, -0.2) is 4.98 Å². The first-order valence-electron chi connectivity index (χ1n) is 10.8. The van der Waals surface area contributed by atoms with E-state index in [9.17, 15) is 9.90 Å². The average molecular weight is 570 g/mol. The molecule has 0 fully saturated rings. The number of aliphatic carboxylic acids is 1. The summed E-state index contributed by atoms with van der Waals surface area (Å²) in [4.78, 5) is 16.9. The maximum atomic E-state index is 12.1. The lowest BCUT2D eigenvalue weighted by Gasteiger charge is -2.40. The molecule has 0 spiro atoms. The summed E-state index contributed by atoms with van der Waals surface area (Å²) in [5.74, 6) is -1.32. The van der Waals surface area contributed by atoms with Crippen LogP contribution >= 0.6 is 34.2 Å². The lowest BCUT2D eigenvalue weighted by molar-refractivity contribution is -0.143. The minimum absolute atomic E-state index is 0.0489. The topological polar surface area (TPSA) is 50.2 Å². The second kappa shape index (κ2) is 9.82. The molecule has 3 atom stereocenters. The maximum Gasteiger partial charge on any atom is 0.311 e. The fourth-order valence-electron chi connectivity index (χ4n) is 4.73. The average Bonchev–Trinajstić information content (AvgIpc) is 2.81. The molecule has 0 saturated carbocycles. The molecule has 5 heteroatoms. The molecule has 1 heterocycles. The number of nitrogens with zero attached hydrogens (tertiary/aromatic N) is 1. The second-order valence-electron chi connectivity index (χ2n) is 8.59. The van der Waals surface area contributed by atoms with Crippen LogP contribution in [-0.2, 0) is 4.79 Å². The van der Waals surface area contributed by atoms with Gasteiger partial charge in [-0.05, 0) is 41.7 Å². The van der Waals surface area contributed by atoms with Crippen LogP contribution < -0.4 is 0 Å². The highest BCUT2D eigenvalue weighted by atomic mass is 127. The Balaban J connectivity index is 1.72. The van der Waals surface area contributed by atoms with Crippen LogP contribution in [0.4, 0.5) is 0 Å². The van der Waals surface area contributed by atoms with E-state index in [4.69, 9.17) is 16.6 Å². The number of hydrogen-bond donors (Lipinski definition) is 1. The van der Waals surface area contributed by atoms with E-state index >= 15 is 0 Å². The first kappa shape index (κ1) is 23.7. The Labute approximate surface area is 213 Å². The Kier molecular flexibility index (Phi) is 7.05. The number of benzene rings is 2. The van der Waals surface area contributed by atoms with Crippen LogP contribution in [0.1, 0.15) is 36.1 Å². The summed E-state index contributed by atoms with van der Waals surface area (Å²) in [5, 5.41) is 11.6. The number of halogens is 2. The third-order valence-electron chi connectivity index (χ3n) is 6.56. The molecular formula is C28H25ClINO2. The highest BCUT2D eigenvalue weighted by Crippen LogP contribution is 2.48. The monoisotopic (exact) mass is 569 g/mol. The molecule has 0 bridgehead atoms. The minimum atomic E-state index is -0.795. The van der Waals surface area contributed by atoms with E-state index in [1.54, 1.807) is 6.08 Å². The van der Waals surface area contributed by atoms with Gasteiger partial charge in [-0.1, -0.05) is 108 Å². The van der Waals surface area contributed by atoms with Crippen molar-refractivity contribution in [2.75, 3.05) is 4.43 Å². The Hall–Kier alpha value is -2.44. The van der Waals surface area contributed by atoms with Crippen molar-refractivity contribution in [1.82, 2.24) is 4.98 Å². The zero-order valence-corrected chi connectivity index (χ0v) is 21.3. The molecule has 3 aromatic rings. The van der Waals surface area contributed by atoms with Gasteiger partial charge >= 0.3 is 5.97 Å². The van der Waals surface area contributed by atoms with Gasteiger partial charge in [0, 0.05) is 25.8 Å². The summed E-state index contributed by atoms with van der Waals surface area (Å²) in [5.41, 5.74) is 4.02. The number of allylic oxidation sites excluding steroid dienone is 3. The SMILES string of the molecule is C=C(c1cccc(C(CCI)C2(C)C=CC=CC2C(=O)O)c1)c1ccc2ccc(Cl)cc2n1. The first-order chi connectivity index (χ1) is 15.8. The Morgan fingerprint density at radius 1 is 1.21 bits per heavy atom. The predicted molar refractivity (Wildman–Crippen MR) is 145 cm³/mol. The third kappa shape index (κ3) is 4.78. The van der Waals surface area contributed by atoms with Gasteiger partial charge in [-0.2, -0.15) is 0 Å². The number of carbonyl (C=O) groups is 1. The van der Waals surface area contributed by atoms with E-state index in [-0.39, 0.29) is 5.92 Å². The van der Waals surface area contributed by atoms with Gasteiger partial charge in [-0.3, -0.25) is 4.79 Å². The Bertz CT molecular complexity index is 1280. The number of carboxylic acids is 1. The van der Waals surface area contributed by atoms with Gasteiger partial charge in [0.1, 0.15) is 0 Å². The maximum absolute atomic E-state index is 12.1. The number of hydrogen-bond acceptors (Lipinski definition) is 2. The summed E-state index contributed by atoms with van der Waals surface area (Å²) in [6.07, 6.45) is 8.53.